The maximum atomic E-state index is 9.84. The van der Waals surface area contributed by atoms with Gasteiger partial charge in [-0.15, -0.1) is 0 Å². The number of anilines is 1. The van der Waals surface area contributed by atoms with Crippen molar-refractivity contribution in [1.82, 2.24) is 0 Å². The lowest BCUT2D eigenvalue weighted by Gasteiger charge is -2.36. The minimum atomic E-state index is 0.0159. The third-order valence-corrected chi connectivity index (χ3v) is 10.4. The number of nitrogens with one attached hydrogen (secondary N) is 2. The highest BCUT2D eigenvalue weighted by molar-refractivity contribution is 6.28. The van der Waals surface area contributed by atoms with E-state index in [0.29, 0.717) is 17.6 Å². The molecule has 0 aromatic heterocycles. The molecule has 0 heterocycles. The van der Waals surface area contributed by atoms with Crippen molar-refractivity contribution in [3.63, 3.8) is 0 Å². The van der Waals surface area contributed by atoms with Crippen LogP contribution < -0.4 is 4.90 Å². The topological polar surface area (TPSA) is 50.9 Å². The van der Waals surface area contributed by atoms with Crippen LogP contribution in [0.5, 0.6) is 0 Å². The first-order valence-electron chi connectivity index (χ1n) is 15.9. The van der Waals surface area contributed by atoms with Gasteiger partial charge in [0.25, 0.3) is 0 Å². The fraction of sp³-hybridized carbons (Fsp3) is 0.474. The van der Waals surface area contributed by atoms with Crippen LogP contribution in [0.15, 0.2) is 60.7 Å². The number of aryl methyl sites for hydroxylation is 3. The van der Waals surface area contributed by atoms with Gasteiger partial charge in [-0.05, 0) is 110 Å². The van der Waals surface area contributed by atoms with Crippen LogP contribution in [0.2, 0.25) is 0 Å². The fourth-order valence-electron chi connectivity index (χ4n) is 7.92. The first kappa shape index (κ1) is 29.3. The van der Waals surface area contributed by atoms with Crippen molar-refractivity contribution in [2.24, 2.45) is 17.8 Å². The molecule has 0 saturated heterocycles. The zero-order chi connectivity index (χ0) is 29.5. The molecule has 5 rings (SSSR count). The lowest BCUT2D eigenvalue weighted by Crippen LogP contribution is -2.40. The number of amidine groups is 2. The first-order valence-corrected chi connectivity index (χ1v) is 15.9. The lowest BCUT2D eigenvalue weighted by molar-refractivity contribution is 0.361. The van der Waals surface area contributed by atoms with Gasteiger partial charge in [-0.1, -0.05) is 94.8 Å². The second-order valence-electron chi connectivity index (χ2n) is 12.9. The largest absolute Gasteiger partial charge is 0.283 e. The summed E-state index contributed by atoms with van der Waals surface area (Å²) in [6, 6.07) is 21.4. The van der Waals surface area contributed by atoms with Crippen LogP contribution in [0, 0.1) is 49.3 Å². The molecular formula is C38H49N3. The molecule has 0 amide bonds. The van der Waals surface area contributed by atoms with Crippen molar-refractivity contribution in [2.45, 2.75) is 98.3 Å². The minimum Gasteiger partial charge on any atom is -0.283 e. The van der Waals surface area contributed by atoms with Gasteiger partial charge in [0.2, 0.25) is 0 Å². The molecule has 216 valence electrons. The zero-order valence-electron chi connectivity index (χ0n) is 26.3. The Balaban J connectivity index is 1.64. The van der Waals surface area contributed by atoms with E-state index >= 15 is 0 Å². The summed E-state index contributed by atoms with van der Waals surface area (Å²) in [6.07, 6.45) is 7.06. The van der Waals surface area contributed by atoms with Crippen molar-refractivity contribution in [2.75, 3.05) is 4.90 Å². The Hall–Kier alpha value is -3.20. The first-order chi connectivity index (χ1) is 19.7. The van der Waals surface area contributed by atoms with Crippen molar-refractivity contribution in [3.05, 3.63) is 99.6 Å². The van der Waals surface area contributed by atoms with Crippen LogP contribution in [0.1, 0.15) is 111 Å². The van der Waals surface area contributed by atoms with E-state index in [4.69, 9.17) is 0 Å². The SMILES string of the molecule is CCCC(CC)(CC)c1ccccc1C(=N)N(C(=N)c1ccccc1C)c1c(C)cc(C2C(C)C2C2CC2)cc1C. The van der Waals surface area contributed by atoms with Crippen LogP contribution in [0.25, 0.3) is 0 Å². The second-order valence-corrected chi connectivity index (χ2v) is 12.9. The molecule has 2 saturated carbocycles. The molecule has 0 spiro atoms. The molecule has 0 bridgehead atoms. The Bertz CT molecular complexity index is 1420. The van der Waals surface area contributed by atoms with Gasteiger partial charge < -0.3 is 0 Å². The highest BCUT2D eigenvalue weighted by Crippen LogP contribution is 2.63. The summed E-state index contributed by atoms with van der Waals surface area (Å²) in [4.78, 5) is 1.94. The Labute approximate surface area is 248 Å². The average Bonchev–Trinajstić information content (AvgIpc) is 3.90. The van der Waals surface area contributed by atoms with Gasteiger partial charge in [-0.3, -0.25) is 15.7 Å². The molecule has 3 heteroatoms. The molecule has 3 aromatic rings. The van der Waals surface area contributed by atoms with Gasteiger partial charge in [0, 0.05) is 11.1 Å². The molecule has 3 unspecified atom stereocenters. The molecule has 41 heavy (non-hydrogen) atoms. The molecule has 2 aliphatic carbocycles. The Morgan fingerprint density at radius 2 is 1.37 bits per heavy atom. The van der Waals surface area contributed by atoms with Gasteiger partial charge >= 0.3 is 0 Å². The van der Waals surface area contributed by atoms with E-state index in [1.54, 1.807) is 0 Å². The van der Waals surface area contributed by atoms with E-state index in [1.807, 2.05) is 23.1 Å². The molecule has 0 aliphatic heterocycles. The summed E-state index contributed by atoms with van der Waals surface area (Å²) < 4.78 is 0. The predicted molar refractivity (Wildman–Crippen MR) is 175 cm³/mol. The number of rotatable bonds is 10. The summed E-state index contributed by atoms with van der Waals surface area (Å²) in [7, 11) is 0. The normalized spacial score (nSPS) is 20.1. The number of benzene rings is 3. The van der Waals surface area contributed by atoms with Gasteiger partial charge in [0.05, 0.1) is 5.69 Å². The van der Waals surface area contributed by atoms with E-state index in [9.17, 15) is 10.8 Å². The molecule has 3 atom stereocenters. The molecule has 2 aliphatic rings. The maximum absolute atomic E-state index is 9.84. The summed E-state index contributed by atoms with van der Waals surface area (Å²) in [6.45, 7) is 15.7. The van der Waals surface area contributed by atoms with Crippen LogP contribution in [0.4, 0.5) is 5.69 Å². The summed E-state index contributed by atoms with van der Waals surface area (Å²) in [5.41, 5.74) is 8.85. The van der Waals surface area contributed by atoms with E-state index in [2.05, 4.69) is 90.9 Å². The second kappa shape index (κ2) is 11.6. The Morgan fingerprint density at radius 1 is 0.805 bits per heavy atom. The lowest BCUT2D eigenvalue weighted by atomic mass is 9.71. The maximum Gasteiger partial charge on any atom is 0.138 e. The monoisotopic (exact) mass is 547 g/mol. The van der Waals surface area contributed by atoms with E-state index in [1.165, 1.54) is 24.0 Å². The fourth-order valence-corrected chi connectivity index (χ4v) is 7.92. The Kier molecular flexibility index (Phi) is 8.28. The average molecular weight is 548 g/mol. The molecule has 3 aromatic carbocycles. The van der Waals surface area contributed by atoms with Crippen LogP contribution >= 0.6 is 0 Å². The molecule has 0 radical (unpaired) electrons. The summed E-state index contributed by atoms with van der Waals surface area (Å²) in [5, 5.41) is 19.4. The molecular weight excluding hydrogens is 498 g/mol. The molecule has 2 fully saturated rings. The zero-order valence-corrected chi connectivity index (χ0v) is 26.3. The number of hydrogen-bond acceptors (Lipinski definition) is 2. The van der Waals surface area contributed by atoms with Gasteiger partial charge in [-0.2, -0.15) is 0 Å². The standard InChI is InChI=1S/C38H49N3/c1-8-21-38(9-2,10-3)32-18-14-13-17-31(32)37(40)41(36(39)30-16-12-11-15-24(30)4)35-25(5)22-29(23-26(35)6)34-27(7)33(34)28-19-20-28/h11-18,22-23,27-28,33-34,39-40H,8-10,19-21H2,1-7H3. The summed E-state index contributed by atoms with van der Waals surface area (Å²) >= 11 is 0. The van der Waals surface area contributed by atoms with Crippen molar-refractivity contribution >= 4 is 17.4 Å². The highest BCUT2D eigenvalue weighted by atomic mass is 15.2. The molecule has 2 N–H and O–H groups in total. The highest BCUT2D eigenvalue weighted by Gasteiger charge is 2.54. The third-order valence-electron chi connectivity index (χ3n) is 10.4. The van der Waals surface area contributed by atoms with Crippen molar-refractivity contribution in [3.8, 4) is 0 Å². The van der Waals surface area contributed by atoms with Gasteiger partial charge in [-0.25, -0.2) is 0 Å². The van der Waals surface area contributed by atoms with E-state index in [-0.39, 0.29) is 5.41 Å². The number of hydrogen-bond donors (Lipinski definition) is 2. The number of nitrogens with zero attached hydrogens (tertiary/aromatic N) is 1. The van der Waals surface area contributed by atoms with Crippen molar-refractivity contribution < 1.29 is 0 Å². The van der Waals surface area contributed by atoms with Crippen LogP contribution in [0.3, 0.4) is 0 Å². The van der Waals surface area contributed by atoms with Gasteiger partial charge in [0.15, 0.2) is 0 Å². The van der Waals surface area contributed by atoms with E-state index in [0.717, 1.165) is 76.9 Å². The smallest absolute Gasteiger partial charge is 0.138 e. The van der Waals surface area contributed by atoms with Crippen molar-refractivity contribution in [1.29, 1.82) is 10.8 Å². The van der Waals surface area contributed by atoms with E-state index < -0.39 is 0 Å². The predicted octanol–water partition coefficient (Wildman–Crippen LogP) is 10.1. The van der Waals surface area contributed by atoms with Gasteiger partial charge in [0.1, 0.15) is 11.7 Å². The quantitative estimate of drug-likeness (QED) is 0.192. The van der Waals surface area contributed by atoms with Crippen LogP contribution in [-0.4, -0.2) is 11.7 Å². The molecule has 3 nitrogen and oxygen atoms in total. The summed E-state index contributed by atoms with van der Waals surface area (Å²) in [5.74, 6) is 3.93. The third kappa shape index (κ3) is 5.29. The van der Waals surface area contributed by atoms with Crippen LogP contribution in [-0.2, 0) is 5.41 Å². The minimum absolute atomic E-state index is 0.0159. The Morgan fingerprint density at radius 3 is 1.93 bits per heavy atom.